The molecule has 7 heteroatoms. The van der Waals surface area contributed by atoms with Crippen LogP contribution < -0.4 is 5.73 Å². The second-order valence-electron chi connectivity index (χ2n) is 3.24. The van der Waals surface area contributed by atoms with Gasteiger partial charge in [-0.1, -0.05) is 0 Å². The van der Waals surface area contributed by atoms with Gasteiger partial charge in [0.25, 0.3) is 0 Å². The minimum absolute atomic E-state index is 0.113. The molecule has 0 aliphatic carbocycles. The standard InChI is InChI=1S/C8H15N5O2/c1-15-8(14)4-7(5-9)2-3-13-6-10-11-12-13/h6-7H,2-5,9H2,1H3. The van der Waals surface area contributed by atoms with Gasteiger partial charge >= 0.3 is 5.97 Å². The van der Waals surface area contributed by atoms with Gasteiger partial charge < -0.3 is 10.5 Å². The van der Waals surface area contributed by atoms with E-state index < -0.39 is 0 Å². The zero-order valence-corrected chi connectivity index (χ0v) is 8.67. The summed E-state index contributed by atoms with van der Waals surface area (Å²) < 4.78 is 6.19. The minimum Gasteiger partial charge on any atom is -0.469 e. The molecule has 1 atom stereocenters. The number of nitrogens with two attached hydrogens (primary N) is 1. The second kappa shape index (κ2) is 6.07. The molecular weight excluding hydrogens is 198 g/mol. The highest BCUT2D eigenvalue weighted by Crippen LogP contribution is 2.08. The number of aromatic nitrogens is 4. The first-order chi connectivity index (χ1) is 7.26. The average Bonchev–Trinajstić information content (AvgIpc) is 2.76. The Morgan fingerprint density at radius 3 is 3.00 bits per heavy atom. The van der Waals surface area contributed by atoms with E-state index in [1.54, 1.807) is 4.68 Å². The summed E-state index contributed by atoms with van der Waals surface area (Å²) in [7, 11) is 1.37. The number of carbonyl (C=O) groups excluding carboxylic acids is 1. The van der Waals surface area contributed by atoms with Crippen LogP contribution in [0.4, 0.5) is 0 Å². The number of hydrogen-bond donors (Lipinski definition) is 1. The maximum absolute atomic E-state index is 11.0. The molecule has 0 aromatic carbocycles. The summed E-state index contributed by atoms with van der Waals surface area (Å²) in [4.78, 5) is 11.0. The molecule has 84 valence electrons. The molecule has 0 aliphatic rings. The van der Waals surface area contributed by atoms with E-state index >= 15 is 0 Å². The van der Waals surface area contributed by atoms with E-state index in [1.165, 1.54) is 13.4 Å². The number of tetrazole rings is 1. The van der Waals surface area contributed by atoms with Gasteiger partial charge in [-0.3, -0.25) is 4.79 Å². The van der Waals surface area contributed by atoms with E-state index in [0.29, 0.717) is 19.5 Å². The number of hydrogen-bond acceptors (Lipinski definition) is 6. The largest absolute Gasteiger partial charge is 0.469 e. The summed E-state index contributed by atoms with van der Waals surface area (Å²) >= 11 is 0. The maximum Gasteiger partial charge on any atom is 0.305 e. The lowest BCUT2D eigenvalue weighted by atomic mass is 10.0. The molecule has 0 fully saturated rings. The van der Waals surface area contributed by atoms with Gasteiger partial charge in [0.05, 0.1) is 7.11 Å². The summed E-state index contributed by atoms with van der Waals surface area (Å²) in [5, 5.41) is 10.7. The van der Waals surface area contributed by atoms with Gasteiger partial charge in [0.2, 0.25) is 0 Å². The van der Waals surface area contributed by atoms with Crippen LogP contribution in [0.2, 0.25) is 0 Å². The predicted octanol–water partition coefficient (Wildman–Crippen LogP) is -0.799. The fourth-order valence-electron chi connectivity index (χ4n) is 1.22. The zero-order valence-electron chi connectivity index (χ0n) is 8.67. The van der Waals surface area contributed by atoms with Crippen LogP contribution >= 0.6 is 0 Å². The quantitative estimate of drug-likeness (QED) is 0.621. The summed E-state index contributed by atoms with van der Waals surface area (Å²) in [6, 6.07) is 0. The smallest absolute Gasteiger partial charge is 0.305 e. The molecule has 2 N–H and O–H groups in total. The number of ether oxygens (including phenoxy) is 1. The molecule has 1 rings (SSSR count). The van der Waals surface area contributed by atoms with Crippen molar-refractivity contribution < 1.29 is 9.53 Å². The first kappa shape index (κ1) is 11.6. The SMILES string of the molecule is COC(=O)CC(CN)CCn1cnnn1. The molecule has 7 nitrogen and oxygen atoms in total. The molecule has 0 radical (unpaired) electrons. The molecule has 1 unspecified atom stereocenters. The molecule has 1 aromatic heterocycles. The minimum atomic E-state index is -0.234. The van der Waals surface area contributed by atoms with E-state index in [-0.39, 0.29) is 11.9 Å². The van der Waals surface area contributed by atoms with Crippen molar-refractivity contribution in [2.75, 3.05) is 13.7 Å². The Hall–Kier alpha value is -1.50. The molecule has 0 amide bonds. The van der Waals surface area contributed by atoms with Crippen molar-refractivity contribution in [3.8, 4) is 0 Å². The van der Waals surface area contributed by atoms with E-state index in [0.717, 1.165) is 6.42 Å². The lowest BCUT2D eigenvalue weighted by Crippen LogP contribution is -2.20. The van der Waals surface area contributed by atoms with Crippen molar-refractivity contribution in [2.24, 2.45) is 11.7 Å². The summed E-state index contributed by atoms with van der Waals surface area (Å²) in [5.41, 5.74) is 5.55. The van der Waals surface area contributed by atoms with Gasteiger partial charge in [0, 0.05) is 13.0 Å². The van der Waals surface area contributed by atoms with Crippen molar-refractivity contribution in [1.29, 1.82) is 0 Å². The highest BCUT2D eigenvalue weighted by atomic mass is 16.5. The average molecular weight is 213 g/mol. The van der Waals surface area contributed by atoms with Crippen LogP contribution in [0.25, 0.3) is 0 Å². The number of esters is 1. The summed E-state index contributed by atoms with van der Waals surface area (Å²) in [5.74, 6) is -0.121. The fourth-order valence-corrected chi connectivity index (χ4v) is 1.22. The van der Waals surface area contributed by atoms with Crippen molar-refractivity contribution >= 4 is 5.97 Å². The van der Waals surface area contributed by atoms with E-state index in [9.17, 15) is 4.79 Å². The van der Waals surface area contributed by atoms with Crippen LogP contribution in [-0.2, 0) is 16.1 Å². The monoisotopic (exact) mass is 213 g/mol. The van der Waals surface area contributed by atoms with Crippen LogP contribution in [0.15, 0.2) is 6.33 Å². The number of aryl methyl sites for hydroxylation is 1. The second-order valence-corrected chi connectivity index (χ2v) is 3.24. The number of nitrogens with zero attached hydrogens (tertiary/aromatic N) is 4. The Labute approximate surface area is 87.6 Å². The maximum atomic E-state index is 11.0. The fraction of sp³-hybridized carbons (Fsp3) is 0.750. The Morgan fingerprint density at radius 2 is 2.47 bits per heavy atom. The van der Waals surface area contributed by atoms with Gasteiger partial charge in [-0.15, -0.1) is 5.10 Å². The van der Waals surface area contributed by atoms with Crippen LogP contribution in [0.5, 0.6) is 0 Å². The van der Waals surface area contributed by atoms with Gasteiger partial charge in [0.1, 0.15) is 6.33 Å². The third kappa shape index (κ3) is 4.03. The van der Waals surface area contributed by atoms with Gasteiger partial charge in [-0.2, -0.15) is 0 Å². The molecule has 0 saturated heterocycles. The van der Waals surface area contributed by atoms with Gasteiger partial charge in [-0.05, 0) is 29.3 Å². The zero-order chi connectivity index (χ0) is 11.1. The van der Waals surface area contributed by atoms with Crippen LogP contribution in [-0.4, -0.2) is 39.8 Å². The topological polar surface area (TPSA) is 95.9 Å². The molecule has 1 heterocycles. The third-order valence-electron chi connectivity index (χ3n) is 2.17. The number of methoxy groups -OCH3 is 1. The first-order valence-electron chi connectivity index (χ1n) is 4.74. The lowest BCUT2D eigenvalue weighted by Gasteiger charge is -2.12. The summed E-state index contributed by atoms with van der Waals surface area (Å²) in [6.45, 7) is 1.11. The van der Waals surface area contributed by atoms with Gasteiger partial charge in [-0.25, -0.2) is 4.68 Å². The highest BCUT2D eigenvalue weighted by Gasteiger charge is 2.12. The van der Waals surface area contributed by atoms with Crippen molar-refractivity contribution in [3.05, 3.63) is 6.33 Å². The molecule has 0 aliphatic heterocycles. The summed E-state index contributed by atoms with van der Waals surface area (Å²) in [6.07, 6.45) is 2.64. The first-order valence-corrected chi connectivity index (χ1v) is 4.74. The Bertz CT molecular complexity index is 287. The number of rotatable bonds is 6. The third-order valence-corrected chi connectivity index (χ3v) is 2.17. The lowest BCUT2D eigenvalue weighted by molar-refractivity contribution is -0.141. The molecule has 15 heavy (non-hydrogen) atoms. The normalized spacial score (nSPS) is 12.4. The molecule has 0 spiro atoms. The van der Waals surface area contributed by atoms with Crippen molar-refractivity contribution in [2.45, 2.75) is 19.4 Å². The Balaban J connectivity index is 2.31. The van der Waals surface area contributed by atoms with Crippen molar-refractivity contribution in [1.82, 2.24) is 20.2 Å². The van der Waals surface area contributed by atoms with Gasteiger partial charge in [0.15, 0.2) is 0 Å². The van der Waals surface area contributed by atoms with E-state index in [1.807, 2.05) is 0 Å². The molecule has 1 aromatic rings. The van der Waals surface area contributed by atoms with E-state index in [2.05, 4.69) is 20.3 Å². The highest BCUT2D eigenvalue weighted by molar-refractivity contribution is 5.69. The van der Waals surface area contributed by atoms with Crippen LogP contribution in [0.1, 0.15) is 12.8 Å². The molecule has 0 bridgehead atoms. The molecule has 0 saturated carbocycles. The Kier molecular flexibility index (Phi) is 4.69. The van der Waals surface area contributed by atoms with Crippen LogP contribution in [0, 0.1) is 5.92 Å². The predicted molar refractivity (Wildman–Crippen MR) is 51.6 cm³/mol. The van der Waals surface area contributed by atoms with Crippen LogP contribution in [0.3, 0.4) is 0 Å². The van der Waals surface area contributed by atoms with E-state index in [4.69, 9.17) is 5.73 Å². The van der Waals surface area contributed by atoms with Crippen molar-refractivity contribution in [3.63, 3.8) is 0 Å². The Morgan fingerprint density at radius 1 is 1.67 bits per heavy atom. The number of carbonyl (C=O) groups is 1. The molecular formula is C8H15N5O2.